The van der Waals surface area contributed by atoms with Crippen molar-refractivity contribution in [3.63, 3.8) is 0 Å². The largest absolute Gasteiger partial charge is 0.545 e. The van der Waals surface area contributed by atoms with E-state index in [9.17, 15) is 29.6 Å². The van der Waals surface area contributed by atoms with Gasteiger partial charge in [-0.1, -0.05) is 36.4 Å². The maximum atomic E-state index is 12.5. The molecule has 10 heteroatoms. The number of carboxylic acids is 1. The topological polar surface area (TPSA) is 151 Å². The molecule has 0 saturated heterocycles. The SMILES string of the molecule is O=C(COc1ccccc1[N+](=O)[O-])Nc1cccc(C(=O)Nc2ccccc2C(=O)[O-])c1. The molecule has 0 aromatic heterocycles. The van der Waals surface area contributed by atoms with Crippen molar-refractivity contribution in [2.75, 3.05) is 17.2 Å². The molecule has 0 unspecified atom stereocenters. The fraction of sp³-hybridized carbons (Fsp3) is 0.0455. The van der Waals surface area contributed by atoms with Crippen LogP contribution in [0, 0.1) is 10.1 Å². The fourth-order valence-corrected chi connectivity index (χ4v) is 2.77. The molecule has 0 radical (unpaired) electrons. The quantitative estimate of drug-likeness (QED) is 0.407. The number of amides is 2. The summed E-state index contributed by atoms with van der Waals surface area (Å²) in [6.07, 6.45) is 0. The summed E-state index contributed by atoms with van der Waals surface area (Å²) in [5.74, 6) is -2.66. The molecule has 0 aliphatic rings. The average Bonchev–Trinajstić information content (AvgIpc) is 2.78. The molecule has 2 amide bonds. The van der Waals surface area contributed by atoms with E-state index in [0.717, 1.165) is 0 Å². The van der Waals surface area contributed by atoms with Crippen LogP contribution in [0.3, 0.4) is 0 Å². The van der Waals surface area contributed by atoms with Gasteiger partial charge in [-0.15, -0.1) is 0 Å². The van der Waals surface area contributed by atoms with Crippen molar-refractivity contribution in [3.8, 4) is 5.75 Å². The summed E-state index contributed by atoms with van der Waals surface area (Å²) in [6, 6.07) is 17.4. The zero-order valence-electron chi connectivity index (χ0n) is 16.4. The number of para-hydroxylation sites is 3. The first-order valence-electron chi connectivity index (χ1n) is 9.23. The number of carbonyl (C=O) groups is 3. The molecule has 0 saturated carbocycles. The molecule has 0 bridgehead atoms. The van der Waals surface area contributed by atoms with Crippen LogP contribution in [0.5, 0.6) is 5.75 Å². The van der Waals surface area contributed by atoms with Gasteiger partial charge >= 0.3 is 5.69 Å². The van der Waals surface area contributed by atoms with Crippen molar-refractivity contribution in [2.45, 2.75) is 0 Å². The third kappa shape index (κ3) is 5.45. The summed E-state index contributed by atoms with van der Waals surface area (Å²) in [5, 5.41) is 27.2. The molecule has 3 aromatic rings. The van der Waals surface area contributed by atoms with Crippen molar-refractivity contribution in [3.05, 3.63) is 94.0 Å². The number of benzene rings is 3. The zero-order valence-corrected chi connectivity index (χ0v) is 16.4. The highest BCUT2D eigenvalue weighted by atomic mass is 16.6. The number of nitro benzene ring substituents is 1. The molecule has 2 N–H and O–H groups in total. The van der Waals surface area contributed by atoms with E-state index >= 15 is 0 Å². The van der Waals surface area contributed by atoms with Crippen LogP contribution in [0.25, 0.3) is 0 Å². The van der Waals surface area contributed by atoms with Crippen molar-refractivity contribution in [2.24, 2.45) is 0 Å². The Bertz CT molecular complexity index is 1190. The molecule has 3 aromatic carbocycles. The van der Waals surface area contributed by atoms with Crippen LogP contribution in [0.4, 0.5) is 17.1 Å². The highest BCUT2D eigenvalue weighted by molar-refractivity contribution is 6.08. The molecule has 162 valence electrons. The first-order chi connectivity index (χ1) is 15.3. The van der Waals surface area contributed by atoms with Gasteiger partial charge in [-0.2, -0.15) is 0 Å². The lowest BCUT2D eigenvalue weighted by Gasteiger charge is -2.12. The number of carboxylic acid groups (broad SMARTS) is 1. The molecule has 0 atom stereocenters. The van der Waals surface area contributed by atoms with E-state index in [4.69, 9.17) is 4.74 Å². The van der Waals surface area contributed by atoms with Crippen LogP contribution >= 0.6 is 0 Å². The Morgan fingerprint density at radius 3 is 2.38 bits per heavy atom. The summed E-state index contributed by atoms with van der Waals surface area (Å²) in [6.45, 7) is -0.486. The molecular weight excluding hydrogens is 418 g/mol. The number of carbonyl (C=O) groups excluding carboxylic acids is 3. The maximum Gasteiger partial charge on any atom is 0.310 e. The number of nitrogens with one attached hydrogen (secondary N) is 2. The minimum absolute atomic E-state index is 0.0487. The Hall–Kier alpha value is -4.73. The Balaban J connectivity index is 1.65. The first kappa shape index (κ1) is 22.0. The van der Waals surface area contributed by atoms with Crippen molar-refractivity contribution < 1.29 is 29.2 Å². The Morgan fingerprint density at radius 2 is 1.62 bits per heavy atom. The van der Waals surface area contributed by atoms with Gasteiger partial charge in [-0.25, -0.2) is 0 Å². The van der Waals surface area contributed by atoms with Gasteiger partial charge in [0.1, 0.15) is 0 Å². The van der Waals surface area contributed by atoms with E-state index in [0.29, 0.717) is 0 Å². The lowest BCUT2D eigenvalue weighted by atomic mass is 10.1. The number of ether oxygens (including phenoxy) is 1. The highest BCUT2D eigenvalue weighted by Crippen LogP contribution is 2.25. The summed E-state index contributed by atoms with van der Waals surface area (Å²) in [4.78, 5) is 46.3. The number of hydrogen-bond acceptors (Lipinski definition) is 7. The van der Waals surface area contributed by atoms with E-state index in [1.54, 1.807) is 12.1 Å². The first-order valence-corrected chi connectivity index (χ1v) is 9.23. The molecule has 10 nitrogen and oxygen atoms in total. The van der Waals surface area contributed by atoms with Crippen LogP contribution in [0.15, 0.2) is 72.8 Å². The van der Waals surface area contributed by atoms with Gasteiger partial charge in [0.2, 0.25) is 0 Å². The van der Waals surface area contributed by atoms with Crippen LogP contribution in [0.1, 0.15) is 20.7 Å². The van der Waals surface area contributed by atoms with E-state index in [-0.39, 0.29) is 33.9 Å². The molecule has 0 spiro atoms. The monoisotopic (exact) mass is 434 g/mol. The fourth-order valence-electron chi connectivity index (χ4n) is 2.77. The third-order valence-electron chi connectivity index (χ3n) is 4.22. The normalized spacial score (nSPS) is 10.1. The Morgan fingerprint density at radius 1 is 0.906 bits per heavy atom. The minimum Gasteiger partial charge on any atom is -0.545 e. The molecule has 3 rings (SSSR count). The second kappa shape index (κ2) is 9.85. The van der Waals surface area contributed by atoms with Crippen LogP contribution in [-0.4, -0.2) is 29.3 Å². The van der Waals surface area contributed by atoms with Gasteiger partial charge in [0, 0.05) is 22.9 Å². The predicted octanol–water partition coefficient (Wildman–Crippen LogP) is 2.23. The second-order valence-electron chi connectivity index (χ2n) is 6.43. The second-order valence-corrected chi connectivity index (χ2v) is 6.43. The molecule has 32 heavy (non-hydrogen) atoms. The zero-order chi connectivity index (χ0) is 23.1. The summed E-state index contributed by atoms with van der Waals surface area (Å²) in [7, 11) is 0. The lowest BCUT2D eigenvalue weighted by Crippen LogP contribution is -2.25. The molecule has 0 aliphatic heterocycles. The van der Waals surface area contributed by atoms with E-state index in [2.05, 4.69) is 10.6 Å². The van der Waals surface area contributed by atoms with Crippen molar-refractivity contribution >= 4 is 34.8 Å². The smallest absolute Gasteiger partial charge is 0.310 e. The standard InChI is InChI=1S/C22H17N3O7/c26-20(13-32-19-11-4-3-10-18(19)25(30)31)23-15-7-5-6-14(12-15)21(27)24-17-9-2-1-8-16(17)22(28)29/h1-12H,13H2,(H,23,26)(H,24,27)(H,28,29)/p-1. The van der Waals surface area contributed by atoms with Gasteiger partial charge in [0.15, 0.2) is 12.4 Å². The van der Waals surface area contributed by atoms with Crippen molar-refractivity contribution in [1.82, 2.24) is 0 Å². The molecule has 0 aliphatic carbocycles. The van der Waals surface area contributed by atoms with Crippen LogP contribution in [0.2, 0.25) is 0 Å². The van der Waals surface area contributed by atoms with Gasteiger partial charge in [-0.05, 0) is 30.3 Å². The molecule has 0 fully saturated rings. The van der Waals surface area contributed by atoms with Crippen LogP contribution < -0.4 is 20.5 Å². The number of anilines is 2. The number of nitro groups is 1. The summed E-state index contributed by atoms with van der Waals surface area (Å²) >= 11 is 0. The van der Waals surface area contributed by atoms with E-state index < -0.39 is 29.3 Å². The minimum atomic E-state index is -1.43. The summed E-state index contributed by atoms with van der Waals surface area (Å²) in [5.41, 5.74) is 0.0793. The number of hydrogen-bond donors (Lipinski definition) is 2. The van der Waals surface area contributed by atoms with Crippen LogP contribution in [-0.2, 0) is 4.79 Å². The lowest BCUT2D eigenvalue weighted by molar-refractivity contribution is -0.385. The van der Waals surface area contributed by atoms with E-state index in [1.807, 2.05) is 0 Å². The third-order valence-corrected chi connectivity index (χ3v) is 4.22. The maximum absolute atomic E-state index is 12.5. The molecular formula is C22H16N3O7-. The number of aromatic carboxylic acids is 1. The van der Waals surface area contributed by atoms with Crippen molar-refractivity contribution in [1.29, 1.82) is 0 Å². The average molecular weight is 434 g/mol. The van der Waals surface area contributed by atoms with E-state index in [1.165, 1.54) is 60.7 Å². The predicted molar refractivity (Wildman–Crippen MR) is 112 cm³/mol. The van der Waals surface area contributed by atoms with Gasteiger partial charge in [-0.3, -0.25) is 19.7 Å². The Kier molecular flexibility index (Phi) is 6.76. The number of nitrogens with zero attached hydrogens (tertiary/aromatic N) is 1. The van der Waals surface area contributed by atoms with Gasteiger partial charge in [0.05, 0.1) is 16.6 Å². The van der Waals surface area contributed by atoms with Gasteiger partial charge < -0.3 is 25.3 Å². The molecule has 0 heterocycles. The van der Waals surface area contributed by atoms with Gasteiger partial charge in [0.25, 0.3) is 11.8 Å². The number of rotatable bonds is 8. The summed E-state index contributed by atoms with van der Waals surface area (Å²) < 4.78 is 5.23. The Labute approximate surface area is 181 Å². The highest BCUT2D eigenvalue weighted by Gasteiger charge is 2.15.